The van der Waals surface area contributed by atoms with Gasteiger partial charge in [-0.1, -0.05) is 6.07 Å². The first-order valence-electron chi connectivity index (χ1n) is 8.46. The van der Waals surface area contributed by atoms with Crippen molar-refractivity contribution in [3.8, 4) is 5.88 Å². The Hall–Kier alpha value is -1.82. The third-order valence-corrected chi connectivity index (χ3v) is 4.46. The Kier molecular flexibility index (Phi) is 5.33. The molecule has 1 atom stereocenters. The van der Waals surface area contributed by atoms with Crippen LogP contribution in [-0.2, 0) is 11.3 Å². The van der Waals surface area contributed by atoms with Crippen molar-refractivity contribution >= 4 is 6.03 Å². The van der Waals surface area contributed by atoms with Crippen molar-refractivity contribution in [2.24, 2.45) is 0 Å². The number of hydrogen-bond donors (Lipinski definition) is 1. The monoisotopic (exact) mass is 319 g/mol. The van der Waals surface area contributed by atoms with E-state index in [0.29, 0.717) is 38.3 Å². The van der Waals surface area contributed by atoms with Crippen LogP contribution in [-0.4, -0.2) is 47.8 Å². The minimum Gasteiger partial charge on any atom is -0.474 e. The van der Waals surface area contributed by atoms with Crippen LogP contribution in [0.4, 0.5) is 4.79 Å². The maximum absolute atomic E-state index is 12.2. The van der Waals surface area contributed by atoms with Crippen LogP contribution in [0.1, 0.15) is 38.2 Å². The van der Waals surface area contributed by atoms with Crippen LogP contribution in [0, 0.1) is 0 Å². The smallest absolute Gasteiger partial charge is 0.318 e. The van der Waals surface area contributed by atoms with Crippen LogP contribution in [0.25, 0.3) is 0 Å². The Bertz CT molecular complexity index is 514. The molecule has 3 rings (SSSR count). The Labute approximate surface area is 137 Å². The summed E-state index contributed by atoms with van der Waals surface area (Å²) in [4.78, 5) is 18.3. The molecule has 0 unspecified atom stereocenters. The number of nitrogens with zero attached hydrogens (tertiary/aromatic N) is 2. The molecule has 2 aliphatic rings. The van der Waals surface area contributed by atoms with Gasteiger partial charge in [0.25, 0.3) is 0 Å². The lowest BCUT2D eigenvalue weighted by molar-refractivity contribution is 0.0190. The number of carbonyl (C=O) groups excluding carboxylic acids is 1. The molecule has 1 aromatic heterocycles. The number of aromatic nitrogens is 1. The summed E-state index contributed by atoms with van der Waals surface area (Å²) in [7, 11) is 0. The molecular formula is C17H25N3O3. The summed E-state index contributed by atoms with van der Waals surface area (Å²) < 4.78 is 11.2. The number of hydrogen-bond acceptors (Lipinski definition) is 4. The van der Waals surface area contributed by atoms with E-state index in [1.54, 1.807) is 6.20 Å². The molecule has 1 saturated heterocycles. The maximum Gasteiger partial charge on any atom is 0.318 e. The summed E-state index contributed by atoms with van der Waals surface area (Å²) >= 11 is 0. The molecule has 2 fully saturated rings. The van der Waals surface area contributed by atoms with E-state index in [9.17, 15) is 4.79 Å². The topological polar surface area (TPSA) is 63.7 Å². The lowest BCUT2D eigenvalue weighted by atomic mass is 10.2. The average Bonchev–Trinajstić information content (AvgIpc) is 3.07. The number of morpholine rings is 1. The predicted molar refractivity (Wildman–Crippen MR) is 86.3 cm³/mol. The van der Waals surface area contributed by atoms with Gasteiger partial charge in [0.1, 0.15) is 6.10 Å². The lowest BCUT2D eigenvalue weighted by Crippen LogP contribution is -2.51. The average molecular weight is 319 g/mol. The van der Waals surface area contributed by atoms with Gasteiger partial charge in [0.15, 0.2) is 0 Å². The maximum atomic E-state index is 12.2. The molecule has 6 nitrogen and oxygen atoms in total. The predicted octanol–water partition coefficient (Wildman–Crippen LogP) is 2.33. The molecule has 126 valence electrons. The summed E-state index contributed by atoms with van der Waals surface area (Å²) in [5.41, 5.74) is 0.970. The minimum absolute atomic E-state index is 0.0490. The van der Waals surface area contributed by atoms with E-state index < -0.39 is 0 Å². The number of ether oxygens (including phenoxy) is 2. The van der Waals surface area contributed by atoms with Gasteiger partial charge in [-0.3, -0.25) is 0 Å². The van der Waals surface area contributed by atoms with Gasteiger partial charge in [0, 0.05) is 25.4 Å². The fourth-order valence-electron chi connectivity index (χ4n) is 3.07. The highest BCUT2D eigenvalue weighted by atomic mass is 16.5. The summed E-state index contributed by atoms with van der Waals surface area (Å²) in [5.74, 6) is 0.675. The summed E-state index contributed by atoms with van der Waals surface area (Å²) in [6.07, 6.45) is 6.82. The highest BCUT2D eigenvalue weighted by Gasteiger charge is 2.23. The molecule has 23 heavy (non-hydrogen) atoms. The van der Waals surface area contributed by atoms with Gasteiger partial charge < -0.3 is 19.7 Å². The van der Waals surface area contributed by atoms with E-state index in [2.05, 4.69) is 10.3 Å². The zero-order chi connectivity index (χ0) is 16.1. The molecule has 6 heteroatoms. The third-order valence-electron chi connectivity index (χ3n) is 4.46. The fourth-order valence-corrected chi connectivity index (χ4v) is 3.07. The van der Waals surface area contributed by atoms with Crippen LogP contribution < -0.4 is 10.1 Å². The highest BCUT2D eigenvalue weighted by molar-refractivity contribution is 5.74. The molecule has 1 aromatic rings. The Morgan fingerprint density at radius 2 is 2.26 bits per heavy atom. The zero-order valence-electron chi connectivity index (χ0n) is 13.7. The number of rotatable bonds is 4. The van der Waals surface area contributed by atoms with Gasteiger partial charge in [-0.2, -0.15) is 0 Å². The van der Waals surface area contributed by atoms with Crippen LogP contribution in [0.5, 0.6) is 5.88 Å². The first kappa shape index (κ1) is 16.1. The van der Waals surface area contributed by atoms with Gasteiger partial charge in [-0.05, 0) is 38.2 Å². The second-order valence-electron chi connectivity index (χ2n) is 6.31. The van der Waals surface area contributed by atoms with Gasteiger partial charge in [-0.15, -0.1) is 0 Å². The Balaban J connectivity index is 1.47. The van der Waals surface area contributed by atoms with E-state index in [1.165, 1.54) is 12.8 Å². The second kappa shape index (κ2) is 7.64. The molecule has 2 heterocycles. The van der Waals surface area contributed by atoms with E-state index >= 15 is 0 Å². The summed E-state index contributed by atoms with van der Waals surface area (Å²) in [6, 6.07) is 3.91. The van der Waals surface area contributed by atoms with Crippen LogP contribution >= 0.6 is 0 Å². The van der Waals surface area contributed by atoms with Crippen molar-refractivity contribution in [1.82, 2.24) is 15.2 Å². The van der Waals surface area contributed by atoms with Gasteiger partial charge in [0.05, 0.1) is 19.3 Å². The first-order chi connectivity index (χ1) is 11.2. The molecule has 0 radical (unpaired) electrons. The van der Waals surface area contributed by atoms with E-state index in [1.807, 2.05) is 24.0 Å². The Morgan fingerprint density at radius 3 is 2.96 bits per heavy atom. The molecule has 1 aliphatic carbocycles. The number of urea groups is 1. The van der Waals surface area contributed by atoms with Gasteiger partial charge >= 0.3 is 6.03 Å². The fraction of sp³-hybridized carbons (Fsp3) is 0.647. The molecule has 1 aliphatic heterocycles. The standard InChI is InChI=1S/C17H25N3O3/c1-13-12-22-9-8-20(13)17(21)19-11-14-6-7-16(18-10-14)23-15-4-2-3-5-15/h6-7,10,13,15H,2-5,8-9,11-12H2,1H3,(H,19,21)/t13-/m0/s1. The first-order valence-corrected chi connectivity index (χ1v) is 8.46. The normalized spacial score (nSPS) is 22.1. The van der Waals surface area contributed by atoms with E-state index in [-0.39, 0.29) is 12.1 Å². The molecule has 1 saturated carbocycles. The lowest BCUT2D eigenvalue weighted by Gasteiger charge is -2.33. The number of pyridine rings is 1. The third kappa shape index (κ3) is 4.34. The van der Waals surface area contributed by atoms with Crippen molar-refractivity contribution in [1.29, 1.82) is 0 Å². The largest absolute Gasteiger partial charge is 0.474 e. The van der Waals surface area contributed by atoms with Crippen LogP contribution in [0.2, 0.25) is 0 Å². The summed E-state index contributed by atoms with van der Waals surface area (Å²) in [5, 5.41) is 2.94. The van der Waals surface area contributed by atoms with Crippen molar-refractivity contribution < 1.29 is 14.3 Å². The van der Waals surface area contributed by atoms with Gasteiger partial charge in [0.2, 0.25) is 5.88 Å². The van der Waals surface area contributed by atoms with E-state index in [4.69, 9.17) is 9.47 Å². The molecule has 0 aromatic carbocycles. The van der Waals surface area contributed by atoms with Gasteiger partial charge in [-0.25, -0.2) is 9.78 Å². The van der Waals surface area contributed by atoms with E-state index in [0.717, 1.165) is 18.4 Å². The Morgan fingerprint density at radius 1 is 1.43 bits per heavy atom. The molecular weight excluding hydrogens is 294 g/mol. The van der Waals surface area contributed by atoms with Crippen molar-refractivity contribution in [3.05, 3.63) is 23.9 Å². The number of carbonyl (C=O) groups is 1. The zero-order valence-corrected chi connectivity index (χ0v) is 13.7. The van der Waals surface area contributed by atoms with Crippen molar-refractivity contribution in [2.45, 2.75) is 51.3 Å². The number of nitrogens with one attached hydrogen (secondary N) is 1. The molecule has 2 amide bonds. The van der Waals surface area contributed by atoms with Crippen molar-refractivity contribution in [2.75, 3.05) is 19.8 Å². The van der Waals surface area contributed by atoms with Crippen LogP contribution in [0.15, 0.2) is 18.3 Å². The molecule has 0 bridgehead atoms. The minimum atomic E-state index is -0.0490. The quantitative estimate of drug-likeness (QED) is 0.925. The van der Waals surface area contributed by atoms with Crippen LogP contribution in [0.3, 0.4) is 0 Å². The molecule has 0 spiro atoms. The SMILES string of the molecule is C[C@H]1COCCN1C(=O)NCc1ccc(OC2CCCC2)nc1. The number of amides is 2. The van der Waals surface area contributed by atoms with Crippen molar-refractivity contribution in [3.63, 3.8) is 0 Å². The second-order valence-corrected chi connectivity index (χ2v) is 6.31. The summed E-state index contributed by atoms with van der Waals surface area (Å²) in [6.45, 7) is 4.31. The molecule has 1 N–H and O–H groups in total. The highest BCUT2D eigenvalue weighted by Crippen LogP contribution is 2.22.